The fourth-order valence-corrected chi connectivity index (χ4v) is 9.44. The predicted octanol–water partition coefficient (Wildman–Crippen LogP) is 4.78. The van der Waals surface area contributed by atoms with Crippen molar-refractivity contribution < 1.29 is 14.0 Å². The minimum atomic E-state index is -2.65. The third-order valence-corrected chi connectivity index (χ3v) is 11.5. The standard InChI is InChI=1S/C28H37N3O3Si/c1-27(2,3)34-26(32)31-18-17-23-24(19-31)29-30-25(23)20-33-35(28(4,5)6,21-13-9-7-10-14-21)22-15-11-8-12-16-22/h7-16H,17-20H2,1-6H3,(H,29,30). The van der Waals surface area contributed by atoms with E-state index in [1.165, 1.54) is 10.4 Å². The van der Waals surface area contributed by atoms with Crippen molar-refractivity contribution >= 4 is 24.8 Å². The van der Waals surface area contributed by atoms with Crippen molar-refractivity contribution in [3.63, 3.8) is 0 Å². The Bertz CT molecular complexity index is 1110. The maximum atomic E-state index is 12.6. The Kier molecular flexibility index (Phi) is 6.93. The quantitative estimate of drug-likeness (QED) is 0.522. The summed E-state index contributed by atoms with van der Waals surface area (Å²) in [5, 5.41) is 10.2. The molecule has 0 saturated heterocycles. The van der Waals surface area contributed by atoms with E-state index >= 15 is 0 Å². The van der Waals surface area contributed by atoms with Gasteiger partial charge >= 0.3 is 6.09 Å². The van der Waals surface area contributed by atoms with Crippen LogP contribution in [0.2, 0.25) is 5.04 Å². The van der Waals surface area contributed by atoms with E-state index in [4.69, 9.17) is 9.16 Å². The van der Waals surface area contributed by atoms with E-state index < -0.39 is 13.9 Å². The van der Waals surface area contributed by atoms with Gasteiger partial charge in [-0.05, 0) is 42.6 Å². The van der Waals surface area contributed by atoms with Crippen LogP contribution in [0.15, 0.2) is 60.7 Å². The average molecular weight is 492 g/mol. The minimum absolute atomic E-state index is 0.0976. The molecule has 0 saturated carbocycles. The van der Waals surface area contributed by atoms with E-state index in [0.29, 0.717) is 19.7 Å². The zero-order chi connectivity index (χ0) is 25.3. The number of ether oxygens (including phenoxy) is 1. The highest BCUT2D eigenvalue weighted by Gasteiger charge is 2.50. The molecule has 4 rings (SSSR count). The number of carbonyl (C=O) groups excluding carboxylic acids is 1. The number of amides is 1. The summed E-state index contributed by atoms with van der Waals surface area (Å²) in [5.41, 5.74) is 2.53. The molecule has 1 N–H and O–H groups in total. The third kappa shape index (κ3) is 5.21. The van der Waals surface area contributed by atoms with Crippen molar-refractivity contribution in [1.29, 1.82) is 0 Å². The van der Waals surface area contributed by atoms with Crippen LogP contribution in [0.4, 0.5) is 4.79 Å². The molecule has 1 aromatic heterocycles. The summed E-state index contributed by atoms with van der Waals surface area (Å²) < 4.78 is 12.6. The molecule has 1 aliphatic rings. The Hall–Kier alpha value is -2.90. The summed E-state index contributed by atoms with van der Waals surface area (Å²) in [6.07, 6.45) is 0.438. The third-order valence-electron chi connectivity index (χ3n) is 6.51. The molecule has 0 atom stereocenters. The molecule has 6 nitrogen and oxygen atoms in total. The summed E-state index contributed by atoms with van der Waals surface area (Å²) in [4.78, 5) is 14.3. The molecule has 3 aromatic rings. The van der Waals surface area contributed by atoms with Crippen LogP contribution in [0.3, 0.4) is 0 Å². The van der Waals surface area contributed by atoms with E-state index in [1.807, 2.05) is 20.8 Å². The number of aromatic amines is 1. The highest BCUT2D eigenvalue weighted by molar-refractivity contribution is 6.99. The Balaban J connectivity index is 1.62. The smallest absolute Gasteiger partial charge is 0.410 e. The number of rotatable bonds is 5. The Morgan fingerprint density at radius 3 is 2.06 bits per heavy atom. The number of carbonyl (C=O) groups is 1. The molecule has 0 fully saturated rings. The lowest BCUT2D eigenvalue weighted by atomic mass is 10.1. The molecule has 7 heteroatoms. The van der Waals surface area contributed by atoms with Crippen molar-refractivity contribution in [2.45, 2.75) is 71.8 Å². The molecule has 2 aromatic carbocycles. The Morgan fingerprint density at radius 1 is 0.971 bits per heavy atom. The first-order chi connectivity index (χ1) is 16.5. The highest BCUT2D eigenvalue weighted by atomic mass is 28.4. The molecule has 0 unspecified atom stereocenters. The number of benzene rings is 2. The lowest BCUT2D eigenvalue weighted by molar-refractivity contribution is 0.0221. The summed E-state index contributed by atoms with van der Waals surface area (Å²) in [5.74, 6) is 0. The van der Waals surface area contributed by atoms with Crippen LogP contribution >= 0.6 is 0 Å². The van der Waals surface area contributed by atoms with Crippen LogP contribution in [-0.2, 0) is 28.7 Å². The van der Waals surface area contributed by atoms with Gasteiger partial charge in [0.15, 0.2) is 0 Å². The molecule has 0 spiro atoms. The topological polar surface area (TPSA) is 67.4 Å². The van der Waals surface area contributed by atoms with Gasteiger partial charge in [-0.2, -0.15) is 5.10 Å². The van der Waals surface area contributed by atoms with Crippen LogP contribution in [0, 0.1) is 0 Å². The summed E-state index contributed by atoms with van der Waals surface area (Å²) in [7, 11) is -2.65. The van der Waals surface area contributed by atoms with Gasteiger partial charge in [0, 0.05) is 12.1 Å². The fourth-order valence-electron chi connectivity index (χ4n) is 4.93. The van der Waals surface area contributed by atoms with Crippen LogP contribution in [0.5, 0.6) is 0 Å². The van der Waals surface area contributed by atoms with Gasteiger partial charge < -0.3 is 14.1 Å². The number of aromatic nitrogens is 2. The lowest BCUT2D eigenvalue weighted by Crippen LogP contribution is -2.66. The second kappa shape index (κ2) is 9.63. The van der Waals surface area contributed by atoms with Crippen molar-refractivity contribution in [3.8, 4) is 0 Å². The van der Waals surface area contributed by atoms with E-state index in [0.717, 1.165) is 23.4 Å². The number of fused-ring (bicyclic) bond motifs is 1. The molecule has 1 aliphatic heterocycles. The molecule has 35 heavy (non-hydrogen) atoms. The van der Waals surface area contributed by atoms with Crippen LogP contribution < -0.4 is 10.4 Å². The first-order valence-corrected chi connectivity index (χ1v) is 14.2. The molecular formula is C28H37N3O3Si. The van der Waals surface area contributed by atoms with Crippen LogP contribution in [0.25, 0.3) is 0 Å². The van der Waals surface area contributed by atoms with E-state index in [9.17, 15) is 4.79 Å². The second-order valence-corrected chi connectivity index (χ2v) is 15.5. The van der Waals surface area contributed by atoms with Crippen molar-refractivity contribution in [3.05, 3.63) is 77.6 Å². The lowest BCUT2D eigenvalue weighted by Gasteiger charge is -2.43. The normalized spacial score (nSPS) is 14.5. The number of hydrogen-bond donors (Lipinski definition) is 1. The SMILES string of the molecule is CC(C)(C)OC(=O)N1CCc2c(CO[Si](c3ccccc3)(c3ccccc3)C(C)(C)C)n[nH]c2C1. The number of H-pyrrole nitrogens is 1. The Morgan fingerprint density at radius 2 is 1.54 bits per heavy atom. The van der Waals surface area contributed by atoms with Gasteiger partial charge in [0.25, 0.3) is 8.32 Å². The van der Waals surface area contributed by atoms with E-state index in [-0.39, 0.29) is 11.1 Å². The maximum Gasteiger partial charge on any atom is 0.410 e. The van der Waals surface area contributed by atoms with E-state index in [1.54, 1.807) is 4.90 Å². The molecule has 0 radical (unpaired) electrons. The maximum absolute atomic E-state index is 12.6. The molecule has 186 valence electrons. The first kappa shape index (κ1) is 25.2. The van der Waals surface area contributed by atoms with Gasteiger partial charge in [0.2, 0.25) is 0 Å². The van der Waals surface area contributed by atoms with Crippen molar-refractivity contribution in [2.75, 3.05) is 6.54 Å². The van der Waals surface area contributed by atoms with Gasteiger partial charge in [-0.15, -0.1) is 0 Å². The van der Waals surface area contributed by atoms with Gasteiger partial charge in [0.05, 0.1) is 24.5 Å². The largest absolute Gasteiger partial charge is 0.444 e. The number of nitrogens with one attached hydrogen (secondary N) is 1. The van der Waals surface area contributed by atoms with Gasteiger partial charge in [0.1, 0.15) is 5.60 Å². The first-order valence-electron chi connectivity index (χ1n) is 12.3. The summed E-state index contributed by atoms with van der Waals surface area (Å²) >= 11 is 0. The second-order valence-electron chi connectivity index (χ2n) is 11.2. The monoisotopic (exact) mass is 491 g/mol. The van der Waals surface area contributed by atoms with E-state index in [2.05, 4.69) is 91.6 Å². The van der Waals surface area contributed by atoms with Crippen LogP contribution in [-0.4, -0.2) is 41.7 Å². The molecule has 2 heterocycles. The zero-order valence-corrected chi connectivity index (χ0v) is 22.7. The number of hydrogen-bond acceptors (Lipinski definition) is 4. The van der Waals surface area contributed by atoms with Gasteiger partial charge in [-0.1, -0.05) is 81.4 Å². The van der Waals surface area contributed by atoms with Gasteiger partial charge in [-0.3, -0.25) is 5.10 Å². The zero-order valence-electron chi connectivity index (χ0n) is 21.7. The average Bonchev–Trinajstić information content (AvgIpc) is 3.21. The highest BCUT2D eigenvalue weighted by Crippen LogP contribution is 2.37. The molecule has 1 amide bonds. The van der Waals surface area contributed by atoms with Gasteiger partial charge in [-0.25, -0.2) is 4.79 Å². The fraction of sp³-hybridized carbons (Fsp3) is 0.429. The molecule has 0 bridgehead atoms. The minimum Gasteiger partial charge on any atom is -0.444 e. The summed E-state index contributed by atoms with van der Waals surface area (Å²) in [6, 6.07) is 21.3. The summed E-state index contributed by atoms with van der Waals surface area (Å²) in [6.45, 7) is 14.0. The predicted molar refractivity (Wildman–Crippen MR) is 141 cm³/mol. The van der Waals surface area contributed by atoms with Crippen molar-refractivity contribution in [1.82, 2.24) is 15.1 Å². The Labute approximate surface area is 209 Å². The molecular weight excluding hydrogens is 454 g/mol. The number of nitrogens with zero attached hydrogens (tertiary/aromatic N) is 2. The van der Waals surface area contributed by atoms with Crippen molar-refractivity contribution in [2.24, 2.45) is 0 Å². The molecule has 0 aliphatic carbocycles. The van der Waals surface area contributed by atoms with Crippen LogP contribution in [0.1, 0.15) is 58.5 Å².